The fourth-order valence-corrected chi connectivity index (χ4v) is 1.93. The van der Waals surface area contributed by atoms with Gasteiger partial charge in [-0.2, -0.15) is 0 Å². The van der Waals surface area contributed by atoms with E-state index in [4.69, 9.17) is 10.5 Å². The lowest BCUT2D eigenvalue weighted by Crippen LogP contribution is -2.25. The lowest BCUT2D eigenvalue weighted by molar-refractivity contribution is -0.115. The number of anilines is 2. The molecule has 2 rings (SSSR count). The molecule has 1 amide bonds. The molecule has 0 bridgehead atoms. The number of nitrogens with one attached hydrogen (secondary N) is 2. The lowest BCUT2D eigenvalue weighted by Gasteiger charge is -2.08. The highest BCUT2D eigenvalue weighted by Gasteiger charge is 2.07. The molecule has 26 heavy (non-hydrogen) atoms. The number of hydrogen-bond acceptors (Lipinski definition) is 7. The zero-order chi connectivity index (χ0) is 18.9. The molecule has 0 aliphatic heterocycles. The second kappa shape index (κ2) is 9.28. The molecule has 0 aliphatic carbocycles. The number of likely N-dealkylation sites (N-methyl/N-ethyl adjacent to an activating group) is 1. The van der Waals surface area contributed by atoms with E-state index in [0.29, 0.717) is 35.1 Å². The van der Waals surface area contributed by atoms with Crippen LogP contribution in [0.5, 0.6) is 5.75 Å². The number of nitrogens with zero attached hydrogens (tertiary/aromatic N) is 3. The van der Waals surface area contributed by atoms with Crippen molar-refractivity contribution in [2.24, 2.45) is 10.2 Å². The van der Waals surface area contributed by atoms with Gasteiger partial charge in [-0.15, -0.1) is 10.2 Å². The van der Waals surface area contributed by atoms with E-state index in [9.17, 15) is 4.79 Å². The minimum absolute atomic E-state index is 0.160. The van der Waals surface area contributed by atoms with Crippen LogP contribution in [0, 0.1) is 0 Å². The number of allylic oxidation sites excluding steroid dienone is 1. The number of carbonyl (C=O) groups is 1. The van der Waals surface area contributed by atoms with Crippen molar-refractivity contribution >= 4 is 28.9 Å². The Morgan fingerprint density at radius 3 is 2.65 bits per heavy atom. The van der Waals surface area contributed by atoms with Gasteiger partial charge in [0.05, 0.1) is 12.3 Å². The Morgan fingerprint density at radius 1 is 1.23 bits per heavy atom. The van der Waals surface area contributed by atoms with Crippen LogP contribution in [-0.4, -0.2) is 24.5 Å². The number of nitrogen functional groups attached to an aromatic ring is 1. The summed E-state index contributed by atoms with van der Waals surface area (Å²) in [6, 6.07) is 10.5. The summed E-state index contributed by atoms with van der Waals surface area (Å²) in [7, 11) is 1.68. The molecule has 136 valence electrons. The molecule has 0 aliphatic rings. The summed E-state index contributed by atoms with van der Waals surface area (Å²) < 4.78 is 5.65. The van der Waals surface area contributed by atoms with Gasteiger partial charge in [0.15, 0.2) is 11.6 Å². The molecule has 0 unspecified atom stereocenters. The number of amides is 1. The van der Waals surface area contributed by atoms with Crippen molar-refractivity contribution in [3.8, 4) is 5.75 Å². The third-order valence-electron chi connectivity index (χ3n) is 3.29. The van der Waals surface area contributed by atoms with Crippen LogP contribution < -0.4 is 21.1 Å². The molecule has 8 nitrogen and oxygen atoms in total. The average molecular weight is 354 g/mol. The highest BCUT2D eigenvalue weighted by atomic mass is 16.5. The molecule has 1 heterocycles. The number of rotatable bonds is 8. The largest absolute Gasteiger partial charge is 0.460 e. The van der Waals surface area contributed by atoms with E-state index in [1.54, 1.807) is 31.3 Å². The molecular formula is C18H22N6O2. The Balaban J connectivity index is 2.16. The summed E-state index contributed by atoms with van der Waals surface area (Å²) in [5, 5.41) is 13.7. The lowest BCUT2D eigenvalue weighted by atomic mass is 10.3. The Bertz CT molecular complexity index is 819. The molecule has 2 aromatic rings. The maximum atomic E-state index is 11.6. The normalized spacial score (nSPS) is 10.7. The van der Waals surface area contributed by atoms with Crippen molar-refractivity contribution < 1.29 is 9.53 Å². The van der Waals surface area contributed by atoms with E-state index in [2.05, 4.69) is 32.4 Å². The molecule has 0 atom stereocenters. The molecule has 8 heteroatoms. The monoisotopic (exact) mass is 354 g/mol. The van der Waals surface area contributed by atoms with Gasteiger partial charge in [0.25, 0.3) is 0 Å². The third-order valence-corrected chi connectivity index (χ3v) is 3.29. The Morgan fingerprint density at radius 2 is 1.96 bits per heavy atom. The molecule has 0 radical (unpaired) electrons. The summed E-state index contributed by atoms with van der Waals surface area (Å²) in [6.45, 7) is 5.96. The van der Waals surface area contributed by atoms with Crippen molar-refractivity contribution in [2.75, 3.05) is 24.6 Å². The summed E-state index contributed by atoms with van der Waals surface area (Å²) in [6.07, 6.45) is 0.697. The van der Waals surface area contributed by atoms with Crippen LogP contribution in [0.3, 0.4) is 0 Å². The molecule has 0 spiro atoms. The van der Waals surface area contributed by atoms with E-state index in [1.165, 1.54) is 0 Å². The van der Waals surface area contributed by atoms with Crippen molar-refractivity contribution in [1.29, 1.82) is 0 Å². The van der Waals surface area contributed by atoms with Crippen LogP contribution in [-0.2, 0) is 4.79 Å². The number of para-hydroxylation sites is 1. The second-order valence-electron chi connectivity index (χ2n) is 5.34. The topological polar surface area (TPSA) is 114 Å². The number of pyridine rings is 1. The maximum absolute atomic E-state index is 11.6. The molecule has 0 fully saturated rings. The average Bonchev–Trinajstić information content (AvgIpc) is 2.62. The van der Waals surface area contributed by atoms with Gasteiger partial charge in [-0.3, -0.25) is 4.79 Å². The maximum Gasteiger partial charge on any atom is 0.239 e. The second-order valence-corrected chi connectivity index (χ2v) is 5.34. The van der Waals surface area contributed by atoms with Crippen molar-refractivity contribution in [1.82, 2.24) is 10.3 Å². The van der Waals surface area contributed by atoms with Crippen LogP contribution in [0.2, 0.25) is 0 Å². The van der Waals surface area contributed by atoms with E-state index < -0.39 is 0 Å². The Hall–Kier alpha value is -3.26. The summed E-state index contributed by atoms with van der Waals surface area (Å²) in [5.41, 5.74) is 6.84. The van der Waals surface area contributed by atoms with Gasteiger partial charge in [-0.1, -0.05) is 25.6 Å². The number of azo groups is 1. The molecule has 4 N–H and O–H groups in total. The minimum Gasteiger partial charge on any atom is -0.460 e. The standard InChI is InChI=1S/C18H22N6O2/c1-4-12(2)26-15-8-6-5-7-13(15)23-24-14-9-10-16(22-18(14)19)21-17(25)11-20-3/h5-10,20H,2,4,11H2,1,3H3,(H3,19,21,22,25). The van der Waals surface area contributed by atoms with Gasteiger partial charge in [0, 0.05) is 6.42 Å². The first-order chi connectivity index (χ1) is 12.5. The van der Waals surface area contributed by atoms with Crippen LogP contribution in [0.1, 0.15) is 13.3 Å². The number of carbonyl (C=O) groups excluding carboxylic acids is 1. The van der Waals surface area contributed by atoms with E-state index >= 15 is 0 Å². The van der Waals surface area contributed by atoms with Crippen LogP contribution >= 0.6 is 0 Å². The molecule has 0 saturated heterocycles. The first-order valence-electron chi connectivity index (χ1n) is 8.10. The van der Waals surface area contributed by atoms with Gasteiger partial charge in [0.2, 0.25) is 5.91 Å². The number of nitrogens with two attached hydrogens (primary N) is 1. The van der Waals surface area contributed by atoms with Gasteiger partial charge >= 0.3 is 0 Å². The SMILES string of the molecule is C=C(CC)Oc1ccccc1N=Nc1ccc(NC(=O)CNC)nc1N. The highest BCUT2D eigenvalue weighted by molar-refractivity contribution is 5.91. The molecular weight excluding hydrogens is 332 g/mol. The Kier molecular flexibility index (Phi) is 6.81. The number of ether oxygens (including phenoxy) is 1. The van der Waals surface area contributed by atoms with Crippen LogP contribution in [0.25, 0.3) is 0 Å². The van der Waals surface area contributed by atoms with Gasteiger partial charge in [-0.25, -0.2) is 4.98 Å². The molecule has 1 aromatic carbocycles. The summed E-state index contributed by atoms with van der Waals surface area (Å²) >= 11 is 0. The quantitative estimate of drug-likeness (QED) is 0.495. The van der Waals surface area contributed by atoms with Crippen molar-refractivity contribution in [3.63, 3.8) is 0 Å². The predicted molar refractivity (Wildman–Crippen MR) is 102 cm³/mol. The number of hydrogen-bond donors (Lipinski definition) is 3. The summed E-state index contributed by atoms with van der Waals surface area (Å²) in [4.78, 5) is 15.7. The Labute approximate surface area is 152 Å². The van der Waals surface area contributed by atoms with Gasteiger partial charge < -0.3 is 21.1 Å². The first-order valence-corrected chi connectivity index (χ1v) is 8.10. The fraction of sp³-hybridized carbons (Fsp3) is 0.222. The number of aromatic nitrogens is 1. The van der Waals surface area contributed by atoms with Gasteiger partial charge in [-0.05, 0) is 31.3 Å². The smallest absolute Gasteiger partial charge is 0.239 e. The minimum atomic E-state index is -0.212. The van der Waals surface area contributed by atoms with E-state index in [0.717, 1.165) is 0 Å². The van der Waals surface area contributed by atoms with Crippen molar-refractivity contribution in [2.45, 2.75) is 13.3 Å². The first kappa shape index (κ1) is 19.1. The highest BCUT2D eigenvalue weighted by Crippen LogP contribution is 2.31. The van der Waals surface area contributed by atoms with Crippen molar-refractivity contribution in [3.05, 3.63) is 48.7 Å². The molecule has 0 saturated carbocycles. The predicted octanol–water partition coefficient (Wildman–Crippen LogP) is 3.54. The van der Waals surface area contributed by atoms with E-state index in [1.807, 2.05) is 19.1 Å². The van der Waals surface area contributed by atoms with Crippen LogP contribution in [0.4, 0.5) is 23.0 Å². The number of benzene rings is 1. The van der Waals surface area contributed by atoms with Gasteiger partial charge in [0.1, 0.15) is 17.2 Å². The van der Waals surface area contributed by atoms with E-state index in [-0.39, 0.29) is 18.3 Å². The zero-order valence-corrected chi connectivity index (χ0v) is 14.8. The summed E-state index contributed by atoms with van der Waals surface area (Å²) in [5.74, 6) is 1.49. The fourth-order valence-electron chi connectivity index (χ4n) is 1.93. The molecule has 1 aromatic heterocycles. The van der Waals surface area contributed by atoms with Crippen LogP contribution in [0.15, 0.2) is 59.0 Å². The zero-order valence-electron chi connectivity index (χ0n) is 14.8. The third kappa shape index (κ3) is 5.38.